The largest absolute Gasteiger partial charge is 0.380 e. The maximum absolute atomic E-state index is 5.65. The maximum Gasteiger partial charge on any atom is 0.0622 e. The van der Waals surface area contributed by atoms with E-state index in [1.54, 1.807) is 0 Å². The molecule has 0 fully saturated rings. The van der Waals surface area contributed by atoms with Gasteiger partial charge in [0.25, 0.3) is 0 Å². The van der Waals surface area contributed by atoms with Gasteiger partial charge in [-0.15, -0.1) is 0 Å². The van der Waals surface area contributed by atoms with Crippen LogP contribution in [0.5, 0.6) is 0 Å². The number of unbranched alkanes of at least 4 members (excludes halogenated alkanes) is 4. The monoisotopic (exact) mass is 285 g/mol. The van der Waals surface area contributed by atoms with Crippen LogP contribution in [-0.4, -0.2) is 25.3 Å². The predicted molar refractivity (Wildman–Crippen MR) is 90.3 cm³/mol. The van der Waals surface area contributed by atoms with Gasteiger partial charge in [-0.3, -0.25) is 0 Å². The predicted octanol–water partition coefficient (Wildman–Crippen LogP) is 5.17. The summed E-state index contributed by atoms with van der Waals surface area (Å²) < 4.78 is 5.65. The molecular weight excluding hydrogens is 246 g/mol. The van der Waals surface area contributed by atoms with Gasteiger partial charge in [0.15, 0.2) is 0 Å². The molecule has 0 bridgehead atoms. The molecule has 0 aliphatic carbocycles. The highest BCUT2D eigenvalue weighted by molar-refractivity contribution is 4.77. The SMILES string of the molecule is CCCCCC(CCCCC)NC(COCC)C(C)C. The van der Waals surface area contributed by atoms with Crippen molar-refractivity contribution >= 4 is 0 Å². The van der Waals surface area contributed by atoms with E-state index in [0.717, 1.165) is 13.2 Å². The summed E-state index contributed by atoms with van der Waals surface area (Å²) >= 11 is 0. The van der Waals surface area contributed by atoms with E-state index in [1.807, 2.05) is 0 Å². The van der Waals surface area contributed by atoms with Crippen molar-refractivity contribution in [3.05, 3.63) is 0 Å². The quantitative estimate of drug-likeness (QED) is 0.445. The topological polar surface area (TPSA) is 21.3 Å². The fraction of sp³-hybridized carbons (Fsp3) is 1.00. The maximum atomic E-state index is 5.65. The minimum atomic E-state index is 0.503. The van der Waals surface area contributed by atoms with Crippen LogP contribution in [0.2, 0.25) is 0 Å². The first-order valence-electron chi connectivity index (χ1n) is 8.99. The van der Waals surface area contributed by atoms with Crippen molar-refractivity contribution in [1.82, 2.24) is 5.32 Å². The third kappa shape index (κ3) is 10.7. The first-order chi connectivity index (χ1) is 9.65. The molecule has 1 N–H and O–H groups in total. The van der Waals surface area contributed by atoms with E-state index < -0.39 is 0 Å². The fourth-order valence-corrected chi connectivity index (χ4v) is 2.57. The summed E-state index contributed by atoms with van der Waals surface area (Å²) in [5, 5.41) is 3.88. The van der Waals surface area contributed by atoms with Crippen molar-refractivity contribution in [1.29, 1.82) is 0 Å². The Morgan fingerprint density at radius 2 is 1.40 bits per heavy atom. The highest BCUT2D eigenvalue weighted by Crippen LogP contribution is 2.14. The highest BCUT2D eigenvalue weighted by Gasteiger charge is 2.18. The molecule has 2 nitrogen and oxygen atoms in total. The molecule has 0 heterocycles. The van der Waals surface area contributed by atoms with Crippen molar-refractivity contribution < 1.29 is 4.74 Å². The smallest absolute Gasteiger partial charge is 0.0622 e. The summed E-state index contributed by atoms with van der Waals surface area (Å²) in [6, 6.07) is 1.18. The molecule has 1 atom stereocenters. The Balaban J connectivity index is 4.23. The number of rotatable bonds is 14. The van der Waals surface area contributed by atoms with Crippen LogP contribution in [0.25, 0.3) is 0 Å². The molecule has 1 unspecified atom stereocenters. The molecule has 0 rings (SSSR count). The van der Waals surface area contributed by atoms with E-state index in [1.165, 1.54) is 51.4 Å². The average molecular weight is 286 g/mol. The normalized spacial score (nSPS) is 13.3. The lowest BCUT2D eigenvalue weighted by atomic mass is 9.98. The minimum absolute atomic E-state index is 0.503. The third-order valence-corrected chi connectivity index (χ3v) is 4.07. The molecule has 0 aromatic rings. The van der Waals surface area contributed by atoms with Crippen LogP contribution < -0.4 is 5.32 Å². The van der Waals surface area contributed by atoms with E-state index in [2.05, 4.69) is 39.9 Å². The van der Waals surface area contributed by atoms with Crippen molar-refractivity contribution in [2.45, 2.75) is 98.1 Å². The fourth-order valence-electron chi connectivity index (χ4n) is 2.57. The van der Waals surface area contributed by atoms with E-state index >= 15 is 0 Å². The number of hydrogen-bond donors (Lipinski definition) is 1. The zero-order valence-electron chi connectivity index (χ0n) is 14.7. The van der Waals surface area contributed by atoms with Crippen molar-refractivity contribution in [2.24, 2.45) is 5.92 Å². The Hall–Kier alpha value is -0.0800. The van der Waals surface area contributed by atoms with Crippen LogP contribution in [0.1, 0.15) is 86.0 Å². The molecule has 0 aromatic carbocycles. The summed E-state index contributed by atoms with van der Waals surface area (Å²) in [6.45, 7) is 12.9. The first-order valence-corrected chi connectivity index (χ1v) is 8.99. The number of nitrogens with one attached hydrogen (secondary N) is 1. The van der Waals surface area contributed by atoms with Crippen LogP contribution in [0.3, 0.4) is 0 Å². The van der Waals surface area contributed by atoms with Gasteiger partial charge in [-0.1, -0.05) is 66.2 Å². The second-order valence-electron chi connectivity index (χ2n) is 6.37. The lowest BCUT2D eigenvalue weighted by Crippen LogP contribution is -2.44. The second-order valence-corrected chi connectivity index (χ2v) is 6.37. The van der Waals surface area contributed by atoms with Crippen LogP contribution in [0, 0.1) is 5.92 Å². The molecule has 20 heavy (non-hydrogen) atoms. The third-order valence-electron chi connectivity index (χ3n) is 4.07. The molecule has 0 saturated heterocycles. The molecule has 0 amide bonds. The standard InChI is InChI=1S/C18H39NO/c1-6-9-11-13-17(14-12-10-7-2)19-18(16(4)5)15-20-8-3/h16-19H,6-15H2,1-5H3. The zero-order valence-corrected chi connectivity index (χ0v) is 14.7. The molecule has 2 heteroatoms. The Labute approximate surface area is 128 Å². The minimum Gasteiger partial charge on any atom is -0.380 e. The van der Waals surface area contributed by atoms with Gasteiger partial charge in [0.2, 0.25) is 0 Å². The molecule has 0 spiro atoms. The summed E-state index contributed by atoms with van der Waals surface area (Å²) in [7, 11) is 0. The number of ether oxygens (including phenoxy) is 1. The van der Waals surface area contributed by atoms with Gasteiger partial charge in [-0.2, -0.15) is 0 Å². The van der Waals surface area contributed by atoms with E-state index in [-0.39, 0.29) is 0 Å². The van der Waals surface area contributed by atoms with Crippen molar-refractivity contribution in [3.63, 3.8) is 0 Å². The van der Waals surface area contributed by atoms with Gasteiger partial charge in [-0.25, -0.2) is 0 Å². The van der Waals surface area contributed by atoms with Gasteiger partial charge in [-0.05, 0) is 25.7 Å². The Morgan fingerprint density at radius 3 is 1.80 bits per heavy atom. The van der Waals surface area contributed by atoms with Gasteiger partial charge in [0.05, 0.1) is 6.61 Å². The Bertz CT molecular complexity index is 184. The summed E-state index contributed by atoms with van der Waals surface area (Å²) in [5.41, 5.74) is 0. The van der Waals surface area contributed by atoms with E-state index in [0.29, 0.717) is 18.0 Å². The summed E-state index contributed by atoms with van der Waals surface area (Å²) in [4.78, 5) is 0. The van der Waals surface area contributed by atoms with Crippen LogP contribution in [0.15, 0.2) is 0 Å². The molecular formula is C18H39NO. The van der Waals surface area contributed by atoms with Gasteiger partial charge in [0.1, 0.15) is 0 Å². The summed E-state index contributed by atoms with van der Waals surface area (Å²) in [5.74, 6) is 0.640. The second kappa shape index (κ2) is 13.9. The van der Waals surface area contributed by atoms with Gasteiger partial charge < -0.3 is 10.1 Å². The summed E-state index contributed by atoms with van der Waals surface area (Å²) in [6.07, 6.45) is 10.7. The number of hydrogen-bond acceptors (Lipinski definition) is 2. The molecule has 0 aliphatic rings. The molecule has 0 saturated carbocycles. The Kier molecular flexibility index (Phi) is 13.8. The van der Waals surface area contributed by atoms with Crippen LogP contribution in [-0.2, 0) is 4.74 Å². The van der Waals surface area contributed by atoms with E-state index in [4.69, 9.17) is 4.74 Å². The molecule has 0 radical (unpaired) electrons. The Morgan fingerprint density at radius 1 is 0.850 bits per heavy atom. The lowest BCUT2D eigenvalue weighted by molar-refractivity contribution is 0.101. The van der Waals surface area contributed by atoms with Crippen molar-refractivity contribution in [3.8, 4) is 0 Å². The van der Waals surface area contributed by atoms with Gasteiger partial charge >= 0.3 is 0 Å². The zero-order chi connectivity index (χ0) is 15.2. The molecule has 0 aromatic heterocycles. The molecule has 122 valence electrons. The van der Waals surface area contributed by atoms with Crippen LogP contribution in [0.4, 0.5) is 0 Å². The molecule has 0 aliphatic heterocycles. The van der Waals surface area contributed by atoms with E-state index in [9.17, 15) is 0 Å². The van der Waals surface area contributed by atoms with Gasteiger partial charge in [0, 0.05) is 18.7 Å². The lowest BCUT2D eigenvalue weighted by Gasteiger charge is -2.28. The highest BCUT2D eigenvalue weighted by atomic mass is 16.5. The van der Waals surface area contributed by atoms with Crippen LogP contribution >= 0.6 is 0 Å². The first kappa shape index (κ1) is 19.9. The van der Waals surface area contributed by atoms with Crippen molar-refractivity contribution in [2.75, 3.05) is 13.2 Å². The average Bonchev–Trinajstić information content (AvgIpc) is 2.42.